The van der Waals surface area contributed by atoms with Gasteiger partial charge in [0.1, 0.15) is 11.6 Å². The Morgan fingerprint density at radius 3 is 2.70 bits per heavy atom. The molecule has 1 heterocycles. The lowest BCUT2D eigenvalue weighted by molar-refractivity contribution is -0.386. The van der Waals surface area contributed by atoms with Gasteiger partial charge in [0.15, 0.2) is 0 Å². The summed E-state index contributed by atoms with van der Waals surface area (Å²) in [4.78, 5) is 14.4. The Hall–Kier alpha value is -2.05. The van der Waals surface area contributed by atoms with Crippen LogP contribution in [0, 0.1) is 10.1 Å². The smallest absolute Gasteiger partial charge is 0.331 e. The van der Waals surface area contributed by atoms with E-state index >= 15 is 0 Å². The number of benzene rings is 1. The largest absolute Gasteiger partial charge is 0.432 e. The molecule has 6 nitrogen and oxygen atoms in total. The number of pyridine rings is 1. The highest BCUT2D eigenvalue weighted by Gasteiger charge is 2.19. The van der Waals surface area contributed by atoms with Crippen LogP contribution in [0.1, 0.15) is 0 Å². The number of hydrogen-bond donors (Lipinski definition) is 1. The molecule has 0 radical (unpaired) electrons. The van der Waals surface area contributed by atoms with E-state index in [1.807, 2.05) is 0 Å². The first-order valence-electron chi connectivity index (χ1n) is 5.47. The molecule has 0 fully saturated rings. The van der Waals surface area contributed by atoms with Crippen LogP contribution >= 0.6 is 23.2 Å². The molecule has 2 aromatic rings. The van der Waals surface area contributed by atoms with Crippen molar-refractivity contribution in [1.29, 1.82) is 0 Å². The summed E-state index contributed by atoms with van der Waals surface area (Å²) in [6.07, 6.45) is 0. The number of anilines is 1. The minimum absolute atomic E-state index is 0.161. The van der Waals surface area contributed by atoms with Crippen LogP contribution in [0.4, 0.5) is 11.5 Å². The summed E-state index contributed by atoms with van der Waals surface area (Å²) in [5, 5.41) is 14.4. The minimum atomic E-state index is -0.583. The third-order valence-electron chi connectivity index (χ3n) is 2.39. The zero-order valence-electron chi connectivity index (χ0n) is 10.3. The Bertz CT molecular complexity index is 664. The highest BCUT2D eigenvalue weighted by atomic mass is 35.5. The maximum absolute atomic E-state index is 11.0. The van der Waals surface area contributed by atoms with Gasteiger partial charge in [-0.05, 0) is 18.2 Å². The summed E-state index contributed by atoms with van der Waals surface area (Å²) < 4.78 is 5.42. The second-order valence-corrected chi connectivity index (χ2v) is 4.55. The lowest BCUT2D eigenvalue weighted by atomic mass is 10.3. The van der Waals surface area contributed by atoms with E-state index in [1.54, 1.807) is 13.1 Å². The van der Waals surface area contributed by atoms with E-state index in [0.29, 0.717) is 10.8 Å². The number of nitrogens with one attached hydrogen (secondary N) is 1. The summed E-state index contributed by atoms with van der Waals surface area (Å²) in [7, 11) is 1.64. The van der Waals surface area contributed by atoms with Crippen molar-refractivity contribution in [2.24, 2.45) is 0 Å². The fraction of sp³-hybridized carbons (Fsp3) is 0.0833. The molecule has 2 rings (SSSR count). The van der Waals surface area contributed by atoms with Gasteiger partial charge in [-0.3, -0.25) is 10.1 Å². The average Bonchev–Trinajstić information content (AvgIpc) is 2.42. The van der Waals surface area contributed by atoms with Gasteiger partial charge in [-0.15, -0.1) is 0 Å². The molecule has 0 spiro atoms. The Morgan fingerprint density at radius 2 is 2.05 bits per heavy atom. The molecule has 1 aromatic carbocycles. The summed E-state index contributed by atoms with van der Waals surface area (Å²) in [6, 6.07) is 7.36. The second kappa shape index (κ2) is 5.94. The van der Waals surface area contributed by atoms with Crippen LogP contribution in [0.3, 0.4) is 0 Å². The SMILES string of the molecule is CNc1ccc([N+](=O)[O-])c(Oc2cc(Cl)ccc2Cl)n1. The van der Waals surface area contributed by atoms with E-state index in [4.69, 9.17) is 27.9 Å². The summed E-state index contributed by atoms with van der Waals surface area (Å²) in [5.41, 5.74) is -0.264. The number of nitrogens with zero attached hydrogens (tertiary/aromatic N) is 2. The van der Waals surface area contributed by atoms with Crippen LogP contribution < -0.4 is 10.1 Å². The first-order valence-corrected chi connectivity index (χ1v) is 6.23. The lowest BCUT2D eigenvalue weighted by Crippen LogP contribution is -1.99. The van der Waals surface area contributed by atoms with E-state index in [2.05, 4.69) is 10.3 Å². The van der Waals surface area contributed by atoms with E-state index < -0.39 is 4.92 Å². The van der Waals surface area contributed by atoms with E-state index in [9.17, 15) is 10.1 Å². The van der Waals surface area contributed by atoms with Gasteiger partial charge in [0.2, 0.25) is 0 Å². The number of hydrogen-bond acceptors (Lipinski definition) is 5. The molecule has 0 aliphatic heterocycles. The molecule has 0 amide bonds. The highest BCUT2D eigenvalue weighted by Crippen LogP contribution is 2.35. The van der Waals surface area contributed by atoms with Crippen molar-refractivity contribution in [1.82, 2.24) is 4.98 Å². The molecule has 0 aliphatic carbocycles. The van der Waals surface area contributed by atoms with Crippen molar-refractivity contribution in [3.8, 4) is 11.6 Å². The average molecular weight is 314 g/mol. The monoisotopic (exact) mass is 313 g/mol. The molecule has 0 unspecified atom stereocenters. The van der Waals surface area contributed by atoms with Crippen LogP contribution in [0.15, 0.2) is 30.3 Å². The molecule has 8 heteroatoms. The Morgan fingerprint density at radius 1 is 1.30 bits per heavy atom. The second-order valence-electron chi connectivity index (χ2n) is 3.70. The molecule has 104 valence electrons. The van der Waals surface area contributed by atoms with Crippen molar-refractivity contribution in [2.45, 2.75) is 0 Å². The maximum Gasteiger partial charge on any atom is 0.331 e. The Kier molecular flexibility index (Phi) is 4.26. The van der Waals surface area contributed by atoms with Crippen molar-refractivity contribution in [3.63, 3.8) is 0 Å². The summed E-state index contributed by atoms with van der Waals surface area (Å²) in [6.45, 7) is 0. The highest BCUT2D eigenvalue weighted by molar-refractivity contribution is 6.34. The molecular weight excluding hydrogens is 305 g/mol. The predicted molar refractivity (Wildman–Crippen MR) is 77.0 cm³/mol. The molecule has 0 bridgehead atoms. The normalized spacial score (nSPS) is 10.2. The predicted octanol–water partition coefficient (Wildman–Crippen LogP) is 4.13. The van der Waals surface area contributed by atoms with Gasteiger partial charge in [-0.1, -0.05) is 23.2 Å². The van der Waals surface area contributed by atoms with Crippen LogP contribution in [-0.4, -0.2) is 17.0 Å². The van der Waals surface area contributed by atoms with Crippen molar-refractivity contribution in [3.05, 3.63) is 50.5 Å². The van der Waals surface area contributed by atoms with Crippen molar-refractivity contribution < 1.29 is 9.66 Å². The van der Waals surface area contributed by atoms with Gasteiger partial charge in [0.25, 0.3) is 0 Å². The number of ether oxygens (including phenoxy) is 1. The van der Waals surface area contributed by atoms with E-state index in [1.165, 1.54) is 24.3 Å². The number of aromatic nitrogens is 1. The topological polar surface area (TPSA) is 77.3 Å². The van der Waals surface area contributed by atoms with Gasteiger partial charge in [0.05, 0.1) is 9.95 Å². The molecule has 0 saturated heterocycles. The van der Waals surface area contributed by atoms with E-state index in [0.717, 1.165) is 0 Å². The van der Waals surface area contributed by atoms with Crippen LogP contribution in [-0.2, 0) is 0 Å². The quantitative estimate of drug-likeness (QED) is 0.678. The third kappa shape index (κ3) is 3.09. The van der Waals surface area contributed by atoms with Crippen LogP contribution in [0.25, 0.3) is 0 Å². The van der Waals surface area contributed by atoms with Gasteiger partial charge in [-0.25, -0.2) is 0 Å². The summed E-state index contributed by atoms with van der Waals surface area (Å²) in [5.74, 6) is 0.470. The number of halogens is 2. The zero-order chi connectivity index (χ0) is 14.7. The molecule has 1 aromatic heterocycles. The maximum atomic E-state index is 11.0. The third-order valence-corrected chi connectivity index (χ3v) is 2.94. The molecule has 1 N–H and O–H groups in total. The van der Waals surface area contributed by atoms with Gasteiger partial charge in [0, 0.05) is 24.2 Å². The number of nitro groups is 1. The van der Waals surface area contributed by atoms with Crippen LogP contribution in [0.2, 0.25) is 10.0 Å². The fourth-order valence-electron chi connectivity index (χ4n) is 1.45. The van der Waals surface area contributed by atoms with Gasteiger partial charge >= 0.3 is 11.6 Å². The van der Waals surface area contributed by atoms with Gasteiger partial charge < -0.3 is 10.1 Å². The molecular formula is C12H9Cl2N3O3. The van der Waals surface area contributed by atoms with E-state index in [-0.39, 0.29) is 22.3 Å². The zero-order valence-corrected chi connectivity index (χ0v) is 11.8. The molecule has 0 aliphatic rings. The van der Waals surface area contributed by atoms with Crippen molar-refractivity contribution >= 4 is 34.7 Å². The Balaban J connectivity index is 2.45. The van der Waals surface area contributed by atoms with Crippen molar-refractivity contribution in [2.75, 3.05) is 12.4 Å². The number of rotatable bonds is 4. The minimum Gasteiger partial charge on any atom is -0.432 e. The standard InChI is InChI=1S/C12H9Cl2N3O3/c1-15-11-5-4-9(17(18)19)12(16-11)20-10-6-7(13)2-3-8(10)14/h2-6H,1H3,(H,15,16). The molecule has 0 atom stereocenters. The lowest BCUT2D eigenvalue weighted by Gasteiger charge is -2.08. The molecule has 20 heavy (non-hydrogen) atoms. The van der Waals surface area contributed by atoms with Gasteiger partial charge in [-0.2, -0.15) is 4.98 Å². The first kappa shape index (κ1) is 14.4. The van der Waals surface area contributed by atoms with Crippen LogP contribution in [0.5, 0.6) is 11.6 Å². The first-order chi connectivity index (χ1) is 9.51. The molecule has 0 saturated carbocycles. The summed E-state index contributed by atoms with van der Waals surface area (Å²) >= 11 is 11.8. The fourth-order valence-corrected chi connectivity index (χ4v) is 1.76. The Labute approximate surface area is 124 Å².